The van der Waals surface area contributed by atoms with E-state index < -0.39 is 15.8 Å². The van der Waals surface area contributed by atoms with Gasteiger partial charge in [-0.15, -0.1) is 0 Å². The number of piperidine rings is 1. The van der Waals surface area contributed by atoms with E-state index in [1.54, 1.807) is 0 Å². The third-order valence-corrected chi connectivity index (χ3v) is 8.54. The first-order chi connectivity index (χ1) is 15.3. The van der Waals surface area contributed by atoms with E-state index in [2.05, 4.69) is 10.5 Å². The Bertz CT molecular complexity index is 942. The Kier molecular flexibility index (Phi) is 6.85. The molecule has 2 unspecified atom stereocenters. The van der Waals surface area contributed by atoms with Gasteiger partial charge in [-0.05, 0) is 24.8 Å². The van der Waals surface area contributed by atoms with Crippen molar-refractivity contribution in [2.45, 2.75) is 62.9 Å². The monoisotopic (exact) mass is 464 g/mol. The summed E-state index contributed by atoms with van der Waals surface area (Å²) >= 11 is 0. The number of benzene rings is 1. The normalized spacial score (nSPS) is 25.7. The number of ether oxygens (including phenoxy) is 1. The van der Waals surface area contributed by atoms with Gasteiger partial charge in [-0.1, -0.05) is 35.5 Å². The van der Waals surface area contributed by atoms with Gasteiger partial charge < -0.3 is 14.9 Å². The number of nitrogens with zero attached hydrogens (tertiary/aromatic N) is 3. The van der Waals surface area contributed by atoms with E-state index in [-0.39, 0.29) is 18.1 Å². The molecule has 1 spiro atoms. The molecule has 1 aliphatic carbocycles. The summed E-state index contributed by atoms with van der Waals surface area (Å²) in [5.74, 6) is -0.217. The molecule has 1 saturated carbocycles. The number of rotatable bonds is 7. The van der Waals surface area contributed by atoms with Crippen molar-refractivity contribution >= 4 is 21.8 Å². The van der Waals surface area contributed by atoms with Crippen LogP contribution in [-0.2, 0) is 31.2 Å². The molecule has 2 fully saturated rings. The summed E-state index contributed by atoms with van der Waals surface area (Å²) < 4.78 is 33.4. The highest BCUT2D eigenvalue weighted by atomic mass is 32.2. The molecule has 2 heterocycles. The molecule has 10 heteroatoms. The van der Waals surface area contributed by atoms with Crippen LogP contribution >= 0.6 is 0 Å². The van der Waals surface area contributed by atoms with Crippen molar-refractivity contribution in [3.05, 3.63) is 35.9 Å². The molecule has 0 aromatic heterocycles. The molecular weight excluding hydrogens is 432 g/mol. The predicted molar refractivity (Wildman–Crippen MR) is 120 cm³/mol. The van der Waals surface area contributed by atoms with Crippen molar-refractivity contribution < 1.29 is 22.8 Å². The number of oxime groups is 1. The fourth-order valence-corrected chi connectivity index (χ4v) is 5.69. The van der Waals surface area contributed by atoms with Gasteiger partial charge >= 0.3 is 0 Å². The average Bonchev–Trinajstić information content (AvgIpc) is 3.40. The van der Waals surface area contributed by atoms with Crippen molar-refractivity contribution in [2.24, 2.45) is 5.16 Å². The highest BCUT2D eigenvalue weighted by molar-refractivity contribution is 7.86. The molecule has 0 bridgehead atoms. The van der Waals surface area contributed by atoms with Crippen LogP contribution in [0.4, 0.5) is 0 Å². The van der Waals surface area contributed by atoms with Crippen molar-refractivity contribution in [1.29, 1.82) is 0 Å². The van der Waals surface area contributed by atoms with Crippen LogP contribution in [0.15, 0.2) is 35.5 Å². The second-order valence-corrected chi connectivity index (χ2v) is 11.2. The lowest BCUT2D eigenvalue weighted by Gasteiger charge is -2.37. The number of hydrogen-bond acceptors (Lipinski definition) is 6. The standard InChI is InChI=1S/C22H32N4O5S/c1-25(2)32(28,29)26-13-11-22(12-14-26)15-19(24-31-22)21(27)23-18-9-6-10-20(18)30-16-17-7-4-3-5-8-17/h3-5,7-8,18,20H,6,9-16H2,1-2H3,(H,23,27). The van der Waals surface area contributed by atoms with Crippen molar-refractivity contribution in [3.63, 3.8) is 0 Å². The maximum Gasteiger partial charge on any atom is 0.281 e. The Labute approximate surface area is 189 Å². The Morgan fingerprint density at radius 3 is 2.66 bits per heavy atom. The minimum atomic E-state index is -3.44. The summed E-state index contributed by atoms with van der Waals surface area (Å²) in [5, 5.41) is 7.17. The maximum atomic E-state index is 12.9. The number of carbonyl (C=O) groups excluding carboxylic acids is 1. The quantitative estimate of drug-likeness (QED) is 0.661. The van der Waals surface area contributed by atoms with Gasteiger partial charge in [-0.2, -0.15) is 17.0 Å². The topological polar surface area (TPSA) is 101 Å². The minimum Gasteiger partial charge on any atom is -0.388 e. The molecule has 1 saturated heterocycles. The highest BCUT2D eigenvalue weighted by Crippen LogP contribution is 2.36. The van der Waals surface area contributed by atoms with E-state index in [1.165, 1.54) is 22.7 Å². The van der Waals surface area contributed by atoms with Crippen LogP contribution in [-0.4, -0.2) is 73.6 Å². The second kappa shape index (κ2) is 9.46. The fraction of sp³-hybridized carbons (Fsp3) is 0.636. The summed E-state index contributed by atoms with van der Waals surface area (Å²) in [6.07, 6.45) is 4.20. The van der Waals surface area contributed by atoms with Crippen molar-refractivity contribution in [1.82, 2.24) is 13.9 Å². The van der Waals surface area contributed by atoms with Crippen molar-refractivity contribution in [3.8, 4) is 0 Å². The van der Waals surface area contributed by atoms with Gasteiger partial charge in [-0.3, -0.25) is 4.79 Å². The van der Waals surface area contributed by atoms with Gasteiger partial charge in [0, 0.05) is 46.4 Å². The molecule has 1 amide bonds. The van der Waals surface area contributed by atoms with Crippen LogP contribution in [0.5, 0.6) is 0 Å². The number of nitrogens with one attached hydrogen (secondary N) is 1. The zero-order valence-electron chi connectivity index (χ0n) is 18.7. The van der Waals surface area contributed by atoms with Gasteiger partial charge in [0.25, 0.3) is 16.1 Å². The smallest absolute Gasteiger partial charge is 0.281 e. The molecule has 9 nitrogen and oxygen atoms in total. The first-order valence-electron chi connectivity index (χ1n) is 11.2. The molecule has 2 atom stereocenters. The van der Waals surface area contributed by atoms with Crippen LogP contribution in [0.25, 0.3) is 0 Å². The van der Waals surface area contributed by atoms with Gasteiger partial charge in [0.1, 0.15) is 11.3 Å². The summed E-state index contributed by atoms with van der Waals surface area (Å²) in [7, 11) is -0.393. The molecule has 32 heavy (non-hydrogen) atoms. The maximum absolute atomic E-state index is 12.9. The SMILES string of the molecule is CN(C)S(=O)(=O)N1CCC2(CC1)CC(C(=O)NC1CCCC1OCc1ccccc1)=NO2. The second-order valence-electron chi connectivity index (χ2n) is 9.02. The average molecular weight is 465 g/mol. The third kappa shape index (κ3) is 4.98. The fourth-order valence-electron chi connectivity index (χ4n) is 4.59. The molecule has 1 aromatic rings. The molecule has 1 aromatic carbocycles. The predicted octanol–water partition coefficient (Wildman–Crippen LogP) is 1.66. The van der Waals surface area contributed by atoms with Crippen molar-refractivity contribution in [2.75, 3.05) is 27.2 Å². The Hall–Kier alpha value is -2.01. The Balaban J connectivity index is 1.28. The first-order valence-corrected chi connectivity index (χ1v) is 12.6. The lowest BCUT2D eigenvalue weighted by Crippen LogP contribution is -2.50. The molecule has 0 radical (unpaired) electrons. The Morgan fingerprint density at radius 2 is 1.97 bits per heavy atom. The van der Waals surface area contributed by atoms with E-state index in [1.807, 2.05) is 30.3 Å². The van der Waals surface area contributed by atoms with Gasteiger partial charge in [0.2, 0.25) is 0 Å². The number of hydrogen-bond donors (Lipinski definition) is 1. The molecular formula is C22H32N4O5S. The summed E-state index contributed by atoms with van der Waals surface area (Å²) in [5.41, 5.74) is 0.898. The van der Waals surface area contributed by atoms with Crippen LogP contribution in [0, 0.1) is 0 Å². The zero-order valence-corrected chi connectivity index (χ0v) is 19.5. The van der Waals surface area contributed by atoms with Crippen LogP contribution in [0.2, 0.25) is 0 Å². The lowest BCUT2D eigenvalue weighted by atomic mass is 9.87. The highest BCUT2D eigenvalue weighted by Gasteiger charge is 2.46. The Morgan fingerprint density at radius 1 is 1.25 bits per heavy atom. The van der Waals surface area contributed by atoms with E-state index in [4.69, 9.17) is 9.57 Å². The van der Waals surface area contributed by atoms with Gasteiger partial charge in [0.05, 0.1) is 18.8 Å². The number of amides is 1. The van der Waals surface area contributed by atoms with E-state index in [0.717, 1.165) is 24.8 Å². The van der Waals surface area contributed by atoms with Crippen LogP contribution < -0.4 is 5.32 Å². The van der Waals surface area contributed by atoms with Crippen LogP contribution in [0.1, 0.15) is 44.1 Å². The minimum absolute atomic E-state index is 0.0180. The summed E-state index contributed by atoms with van der Waals surface area (Å²) in [4.78, 5) is 18.6. The van der Waals surface area contributed by atoms with E-state index in [0.29, 0.717) is 44.7 Å². The van der Waals surface area contributed by atoms with Gasteiger partial charge in [-0.25, -0.2) is 0 Å². The molecule has 1 N–H and O–H groups in total. The molecule has 4 rings (SSSR count). The summed E-state index contributed by atoms with van der Waals surface area (Å²) in [6, 6.07) is 9.97. The number of carbonyl (C=O) groups is 1. The van der Waals surface area contributed by atoms with E-state index >= 15 is 0 Å². The molecule has 176 valence electrons. The molecule has 3 aliphatic rings. The zero-order chi connectivity index (χ0) is 22.8. The summed E-state index contributed by atoms with van der Waals surface area (Å²) in [6.45, 7) is 1.23. The largest absolute Gasteiger partial charge is 0.388 e. The van der Waals surface area contributed by atoms with Crippen LogP contribution in [0.3, 0.4) is 0 Å². The van der Waals surface area contributed by atoms with Gasteiger partial charge in [0.15, 0.2) is 0 Å². The molecule has 2 aliphatic heterocycles. The first kappa shape index (κ1) is 23.2. The lowest BCUT2D eigenvalue weighted by molar-refractivity contribution is -0.116. The third-order valence-electron chi connectivity index (χ3n) is 6.60. The van der Waals surface area contributed by atoms with E-state index in [9.17, 15) is 13.2 Å².